The number of aromatic nitrogens is 2. The molecule has 4 rings (SSSR count). The van der Waals surface area contributed by atoms with Gasteiger partial charge in [-0.15, -0.1) is 0 Å². The van der Waals surface area contributed by atoms with E-state index >= 15 is 0 Å². The van der Waals surface area contributed by atoms with Crippen LogP contribution in [0.2, 0.25) is 0 Å². The molecule has 1 fully saturated rings. The first-order chi connectivity index (χ1) is 16.7. The number of hydrogen-bond donors (Lipinski definition) is 1. The Labute approximate surface area is 201 Å². The van der Waals surface area contributed by atoms with Crippen molar-refractivity contribution in [2.75, 3.05) is 60.1 Å². The lowest BCUT2D eigenvalue weighted by Gasteiger charge is -2.34. The van der Waals surface area contributed by atoms with Crippen LogP contribution in [0.15, 0.2) is 60.8 Å². The number of rotatable bonds is 10. The zero-order valence-electron chi connectivity index (χ0n) is 19.9. The molecule has 0 saturated carbocycles. The number of carbonyl (C=O) groups excluding carboxylic acids is 1. The molecule has 0 bridgehead atoms. The van der Waals surface area contributed by atoms with Gasteiger partial charge in [-0.25, -0.2) is 4.68 Å². The van der Waals surface area contributed by atoms with Crippen LogP contribution in [-0.4, -0.2) is 85.6 Å². The minimum absolute atomic E-state index is 0.0522. The molecule has 1 aliphatic rings. The highest BCUT2D eigenvalue weighted by atomic mass is 16.5. The molecule has 1 amide bonds. The Balaban J connectivity index is 1.44. The van der Waals surface area contributed by atoms with E-state index in [0.717, 1.165) is 55.4 Å². The smallest absolute Gasteiger partial charge is 0.234 e. The molecular formula is C26H33N5O3. The minimum atomic E-state index is 0.0522. The van der Waals surface area contributed by atoms with Crippen LogP contribution in [0.3, 0.4) is 0 Å². The Bertz CT molecular complexity index is 1040. The molecule has 1 aromatic heterocycles. The standard InChI is InChI=1S/C26H33N5O3/c1-33-17-12-27-25(32)20-30-15-13-29(14-16-30)18-22-19-31(23-6-4-3-5-7-23)28-26(22)21-8-10-24(34-2)11-9-21/h3-11,19H,12-18,20H2,1-2H3,(H,27,32). The van der Waals surface area contributed by atoms with Crippen molar-refractivity contribution < 1.29 is 14.3 Å². The molecular weight excluding hydrogens is 430 g/mol. The second-order valence-corrected chi connectivity index (χ2v) is 8.41. The Morgan fingerprint density at radius 1 is 0.971 bits per heavy atom. The summed E-state index contributed by atoms with van der Waals surface area (Å²) in [6.45, 7) is 5.86. The monoisotopic (exact) mass is 463 g/mol. The van der Waals surface area contributed by atoms with Gasteiger partial charge in [0.25, 0.3) is 0 Å². The van der Waals surface area contributed by atoms with E-state index in [4.69, 9.17) is 14.6 Å². The van der Waals surface area contributed by atoms with Crippen molar-refractivity contribution in [3.8, 4) is 22.7 Å². The molecule has 0 atom stereocenters. The molecule has 8 nitrogen and oxygen atoms in total. The van der Waals surface area contributed by atoms with Gasteiger partial charge in [0, 0.05) is 63.7 Å². The average Bonchev–Trinajstić information content (AvgIpc) is 3.30. The third-order valence-corrected chi connectivity index (χ3v) is 6.03. The first kappa shape index (κ1) is 23.9. The number of amides is 1. The SMILES string of the molecule is COCCNC(=O)CN1CCN(Cc2cn(-c3ccccc3)nc2-c2ccc(OC)cc2)CC1. The summed E-state index contributed by atoms with van der Waals surface area (Å²) in [6.07, 6.45) is 2.13. The van der Waals surface area contributed by atoms with Crippen LogP contribution in [-0.2, 0) is 16.1 Å². The molecule has 2 aromatic carbocycles. The molecule has 1 saturated heterocycles. The molecule has 3 aromatic rings. The number of methoxy groups -OCH3 is 2. The lowest BCUT2D eigenvalue weighted by Crippen LogP contribution is -2.49. The van der Waals surface area contributed by atoms with Crippen LogP contribution in [0.4, 0.5) is 0 Å². The minimum Gasteiger partial charge on any atom is -0.497 e. The summed E-state index contributed by atoms with van der Waals surface area (Å²) >= 11 is 0. The molecule has 180 valence electrons. The number of piperazine rings is 1. The number of hydrogen-bond acceptors (Lipinski definition) is 6. The lowest BCUT2D eigenvalue weighted by atomic mass is 10.1. The van der Waals surface area contributed by atoms with Gasteiger partial charge in [-0.1, -0.05) is 18.2 Å². The Morgan fingerprint density at radius 3 is 2.35 bits per heavy atom. The van der Waals surface area contributed by atoms with Crippen LogP contribution in [0.1, 0.15) is 5.56 Å². The summed E-state index contributed by atoms with van der Waals surface area (Å²) in [6, 6.07) is 18.2. The van der Waals surface area contributed by atoms with E-state index in [9.17, 15) is 4.79 Å². The second-order valence-electron chi connectivity index (χ2n) is 8.41. The highest BCUT2D eigenvalue weighted by molar-refractivity contribution is 5.78. The number of ether oxygens (including phenoxy) is 2. The fraction of sp³-hybridized carbons (Fsp3) is 0.385. The van der Waals surface area contributed by atoms with Gasteiger partial charge in [-0.2, -0.15) is 5.10 Å². The molecule has 2 heterocycles. The van der Waals surface area contributed by atoms with Gasteiger partial charge < -0.3 is 14.8 Å². The molecule has 0 aliphatic carbocycles. The van der Waals surface area contributed by atoms with Crippen molar-refractivity contribution in [2.24, 2.45) is 0 Å². The largest absolute Gasteiger partial charge is 0.497 e. The Kier molecular flexibility index (Phi) is 8.30. The maximum atomic E-state index is 12.1. The highest BCUT2D eigenvalue weighted by Gasteiger charge is 2.21. The van der Waals surface area contributed by atoms with Gasteiger partial charge in [0.15, 0.2) is 0 Å². The summed E-state index contributed by atoms with van der Waals surface area (Å²) in [7, 11) is 3.31. The maximum Gasteiger partial charge on any atom is 0.234 e. The molecule has 1 N–H and O–H groups in total. The fourth-order valence-corrected chi connectivity index (χ4v) is 4.13. The van der Waals surface area contributed by atoms with Crippen LogP contribution in [0, 0.1) is 0 Å². The van der Waals surface area contributed by atoms with E-state index in [1.165, 1.54) is 5.56 Å². The number of nitrogens with one attached hydrogen (secondary N) is 1. The van der Waals surface area contributed by atoms with Gasteiger partial charge in [0.05, 0.1) is 31.6 Å². The molecule has 34 heavy (non-hydrogen) atoms. The van der Waals surface area contributed by atoms with E-state index in [-0.39, 0.29) is 5.91 Å². The van der Waals surface area contributed by atoms with Crippen LogP contribution < -0.4 is 10.1 Å². The topological polar surface area (TPSA) is 71.9 Å². The van der Waals surface area contributed by atoms with Crippen molar-refractivity contribution in [3.05, 3.63) is 66.4 Å². The summed E-state index contributed by atoms with van der Waals surface area (Å²) in [4.78, 5) is 16.7. The van der Waals surface area contributed by atoms with E-state index in [0.29, 0.717) is 19.7 Å². The molecule has 0 radical (unpaired) electrons. The average molecular weight is 464 g/mol. The van der Waals surface area contributed by atoms with E-state index in [1.54, 1.807) is 14.2 Å². The van der Waals surface area contributed by atoms with E-state index in [2.05, 4.69) is 45.6 Å². The third kappa shape index (κ3) is 6.22. The second kappa shape index (κ2) is 11.8. The summed E-state index contributed by atoms with van der Waals surface area (Å²) < 4.78 is 12.3. The Morgan fingerprint density at radius 2 is 1.68 bits per heavy atom. The third-order valence-electron chi connectivity index (χ3n) is 6.03. The van der Waals surface area contributed by atoms with Crippen LogP contribution in [0.5, 0.6) is 5.75 Å². The number of carbonyl (C=O) groups is 1. The number of benzene rings is 2. The molecule has 0 unspecified atom stereocenters. The molecule has 0 spiro atoms. The predicted molar refractivity (Wildman–Crippen MR) is 132 cm³/mol. The van der Waals surface area contributed by atoms with Crippen molar-refractivity contribution in [1.29, 1.82) is 0 Å². The Hall–Kier alpha value is -3.20. The summed E-state index contributed by atoms with van der Waals surface area (Å²) in [5.41, 5.74) is 4.26. The molecule has 8 heteroatoms. The quantitative estimate of drug-likeness (QED) is 0.466. The number of para-hydroxylation sites is 1. The summed E-state index contributed by atoms with van der Waals surface area (Å²) in [5.74, 6) is 0.881. The highest BCUT2D eigenvalue weighted by Crippen LogP contribution is 2.27. The predicted octanol–water partition coefficient (Wildman–Crippen LogP) is 2.43. The maximum absolute atomic E-state index is 12.1. The summed E-state index contributed by atoms with van der Waals surface area (Å²) in [5, 5.41) is 7.83. The van der Waals surface area contributed by atoms with Crippen molar-refractivity contribution >= 4 is 5.91 Å². The lowest BCUT2D eigenvalue weighted by molar-refractivity contribution is -0.122. The van der Waals surface area contributed by atoms with Gasteiger partial charge in [-0.3, -0.25) is 14.6 Å². The van der Waals surface area contributed by atoms with Crippen molar-refractivity contribution in [1.82, 2.24) is 24.9 Å². The van der Waals surface area contributed by atoms with E-state index < -0.39 is 0 Å². The zero-order valence-corrected chi connectivity index (χ0v) is 19.9. The normalized spacial score (nSPS) is 14.8. The number of nitrogens with zero attached hydrogens (tertiary/aromatic N) is 4. The van der Waals surface area contributed by atoms with Crippen molar-refractivity contribution in [3.63, 3.8) is 0 Å². The van der Waals surface area contributed by atoms with Gasteiger partial charge in [0.2, 0.25) is 5.91 Å². The van der Waals surface area contributed by atoms with Gasteiger partial charge in [0.1, 0.15) is 5.75 Å². The first-order valence-electron chi connectivity index (χ1n) is 11.6. The van der Waals surface area contributed by atoms with Gasteiger partial charge >= 0.3 is 0 Å². The zero-order chi connectivity index (χ0) is 23.8. The first-order valence-corrected chi connectivity index (χ1v) is 11.6. The van der Waals surface area contributed by atoms with E-state index in [1.807, 2.05) is 35.0 Å². The van der Waals surface area contributed by atoms with Crippen molar-refractivity contribution in [2.45, 2.75) is 6.54 Å². The van der Waals surface area contributed by atoms with Crippen LogP contribution in [0.25, 0.3) is 16.9 Å². The van der Waals surface area contributed by atoms with Gasteiger partial charge in [-0.05, 0) is 36.4 Å². The fourth-order valence-electron chi connectivity index (χ4n) is 4.13. The molecule has 1 aliphatic heterocycles. The van der Waals surface area contributed by atoms with Crippen LogP contribution >= 0.6 is 0 Å².